The Morgan fingerprint density at radius 2 is 2.00 bits per heavy atom. The number of nitrogens with one attached hydrogen (secondary N) is 1. The van der Waals surface area contributed by atoms with Gasteiger partial charge in [0.1, 0.15) is 0 Å². The Kier molecular flexibility index (Phi) is 1.78. The SMILES string of the molecule is CN(C)CC1(C)CNC1. The first-order chi connectivity index (χ1) is 4.12. The summed E-state index contributed by atoms with van der Waals surface area (Å²) in [4.78, 5) is 2.25. The molecule has 1 aliphatic heterocycles. The largest absolute Gasteiger partial charge is 0.315 e. The van der Waals surface area contributed by atoms with Crippen LogP contribution in [0.3, 0.4) is 0 Å². The van der Waals surface area contributed by atoms with Gasteiger partial charge in [-0.3, -0.25) is 0 Å². The average molecular weight is 128 g/mol. The molecule has 54 valence electrons. The first-order valence-corrected chi connectivity index (χ1v) is 3.48. The van der Waals surface area contributed by atoms with Gasteiger partial charge in [-0.05, 0) is 14.1 Å². The van der Waals surface area contributed by atoms with Crippen molar-refractivity contribution in [2.24, 2.45) is 5.41 Å². The fourth-order valence-electron chi connectivity index (χ4n) is 1.43. The molecule has 2 heteroatoms. The van der Waals surface area contributed by atoms with E-state index in [2.05, 4.69) is 31.2 Å². The van der Waals surface area contributed by atoms with Crippen LogP contribution in [0.15, 0.2) is 0 Å². The highest BCUT2D eigenvalue weighted by molar-refractivity contribution is 4.89. The van der Waals surface area contributed by atoms with E-state index in [1.807, 2.05) is 0 Å². The first kappa shape index (κ1) is 7.03. The average Bonchev–Trinajstić information content (AvgIpc) is 1.60. The molecule has 0 radical (unpaired) electrons. The van der Waals surface area contributed by atoms with Gasteiger partial charge in [0.05, 0.1) is 0 Å². The summed E-state index contributed by atoms with van der Waals surface area (Å²) in [7, 11) is 4.26. The summed E-state index contributed by atoms with van der Waals surface area (Å²) >= 11 is 0. The van der Waals surface area contributed by atoms with E-state index < -0.39 is 0 Å². The summed E-state index contributed by atoms with van der Waals surface area (Å²) in [6.45, 7) is 5.90. The molecule has 1 N–H and O–H groups in total. The quantitative estimate of drug-likeness (QED) is 0.570. The maximum atomic E-state index is 3.28. The van der Waals surface area contributed by atoms with Gasteiger partial charge in [-0.15, -0.1) is 0 Å². The normalized spacial score (nSPS) is 24.0. The topological polar surface area (TPSA) is 15.3 Å². The maximum absolute atomic E-state index is 3.28. The van der Waals surface area contributed by atoms with Crippen molar-refractivity contribution in [2.45, 2.75) is 6.92 Å². The number of hydrogen-bond acceptors (Lipinski definition) is 2. The third kappa shape index (κ3) is 1.66. The zero-order chi connectivity index (χ0) is 6.91. The van der Waals surface area contributed by atoms with E-state index in [1.54, 1.807) is 0 Å². The Labute approximate surface area is 57.2 Å². The van der Waals surface area contributed by atoms with Gasteiger partial charge in [-0.1, -0.05) is 6.92 Å². The van der Waals surface area contributed by atoms with Crippen LogP contribution in [0, 0.1) is 5.41 Å². The van der Waals surface area contributed by atoms with Crippen LogP contribution < -0.4 is 5.32 Å². The van der Waals surface area contributed by atoms with Crippen molar-refractivity contribution in [1.82, 2.24) is 10.2 Å². The van der Waals surface area contributed by atoms with Gasteiger partial charge in [0.2, 0.25) is 0 Å². The summed E-state index contributed by atoms with van der Waals surface area (Å²) in [6, 6.07) is 0. The highest BCUT2D eigenvalue weighted by atomic mass is 15.1. The lowest BCUT2D eigenvalue weighted by Gasteiger charge is -2.41. The smallest absolute Gasteiger partial charge is 0.00536 e. The molecule has 1 fully saturated rings. The monoisotopic (exact) mass is 128 g/mol. The van der Waals surface area contributed by atoms with Crippen LogP contribution in [-0.2, 0) is 0 Å². The second-order valence-electron chi connectivity index (χ2n) is 3.65. The molecule has 0 unspecified atom stereocenters. The second kappa shape index (κ2) is 2.27. The lowest BCUT2D eigenvalue weighted by molar-refractivity contribution is 0.139. The number of nitrogens with zero attached hydrogens (tertiary/aromatic N) is 1. The molecular weight excluding hydrogens is 112 g/mol. The minimum Gasteiger partial charge on any atom is -0.315 e. The van der Waals surface area contributed by atoms with E-state index in [0.29, 0.717) is 5.41 Å². The standard InChI is InChI=1S/C7H16N2/c1-7(4-8-5-7)6-9(2)3/h8H,4-6H2,1-3H3. The van der Waals surface area contributed by atoms with Gasteiger partial charge >= 0.3 is 0 Å². The van der Waals surface area contributed by atoms with E-state index in [4.69, 9.17) is 0 Å². The fraction of sp³-hybridized carbons (Fsp3) is 1.00. The summed E-state index contributed by atoms with van der Waals surface area (Å²) < 4.78 is 0. The van der Waals surface area contributed by atoms with E-state index in [1.165, 1.54) is 19.6 Å². The minimum atomic E-state index is 0.559. The zero-order valence-corrected chi connectivity index (χ0v) is 6.57. The lowest BCUT2D eigenvalue weighted by atomic mass is 9.84. The molecule has 0 aromatic heterocycles. The maximum Gasteiger partial charge on any atom is 0.00536 e. The predicted octanol–water partition coefficient (Wildman–Crippen LogP) is 0.158. The summed E-state index contributed by atoms with van der Waals surface area (Å²) in [5, 5.41) is 3.28. The third-order valence-corrected chi connectivity index (χ3v) is 1.80. The lowest BCUT2D eigenvalue weighted by Crippen LogP contribution is -2.56. The highest BCUT2D eigenvalue weighted by Crippen LogP contribution is 2.21. The van der Waals surface area contributed by atoms with Crippen molar-refractivity contribution < 1.29 is 0 Å². The van der Waals surface area contributed by atoms with Gasteiger partial charge in [-0.2, -0.15) is 0 Å². The van der Waals surface area contributed by atoms with Crippen molar-refractivity contribution >= 4 is 0 Å². The molecule has 1 aliphatic rings. The third-order valence-electron chi connectivity index (χ3n) is 1.80. The van der Waals surface area contributed by atoms with Crippen LogP contribution in [0.2, 0.25) is 0 Å². The fourth-order valence-corrected chi connectivity index (χ4v) is 1.43. The molecule has 1 rings (SSSR count). The highest BCUT2D eigenvalue weighted by Gasteiger charge is 2.31. The molecule has 0 aromatic carbocycles. The van der Waals surface area contributed by atoms with Crippen LogP contribution >= 0.6 is 0 Å². The van der Waals surface area contributed by atoms with E-state index in [-0.39, 0.29) is 0 Å². The van der Waals surface area contributed by atoms with Crippen LogP contribution in [-0.4, -0.2) is 38.6 Å². The molecule has 0 aromatic rings. The number of hydrogen-bond donors (Lipinski definition) is 1. The Morgan fingerprint density at radius 1 is 1.44 bits per heavy atom. The van der Waals surface area contributed by atoms with Crippen LogP contribution in [0.25, 0.3) is 0 Å². The van der Waals surface area contributed by atoms with Crippen LogP contribution in [0.1, 0.15) is 6.92 Å². The molecular formula is C7H16N2. The van der Waals surface area contributed by atoms with Crippen LogP contribution in [0.5, 0.6) is 0 Å². The first-order valence-electron chi connectivity index (χ1n) is 3.48. The predicted molar refractivity (Wildman–Crippen MR) is 39.5 cm³/mol. The Morgan fingerprint density at radius 3 is 2.11 bits per heavy atom. The Bertz CT molecular complexity index is 95.1. The molecule has 0 bridgehead atoms. The Hall–Kier alpha value is -0.0800. The molecule has 0 spiro atoms. The second-order valence-corrected chi connectivity index (χ2v) is 3.65. The molecule has 0 aliphatic carbocycles. The van der Waals surface area contributed by atoms with E-state index in [0.717, 1.165) is 0 Å². The Balaban J connectivity index is 2.24. The van der Waals surface area contributed by atoms with Crippen LogP contribution in [0.4, 0.5) is 0 Å². The zero-order valence-electron chi connectivity index (χ0n) is 6.57. The molecule has 0 atom stereocenters. The van der Waals surface area contributed by atoms with Gasteiger partial charge < -0.3 is 10.2 Å². The number of rotatable bonds is 2. The molecule has 0 amide bonds. The van der Waals surface area contributed by atoms with Crippen molar-refractivity contribution in [3.8, 4) is 0 Å². The summed E-state index contributed by atoms with van der Waals surface area (Å²) in [5.41, 5.74) is 0.559. The van der Waals surface area contributed by atoms with Crippen molar-refractivity contribution in [2.75, 3.05) is 33.7 Å². The summed E-state index contributed by atoms with van der Waals surface area (Å²) in [6.07, 6.45) is 0. The molecule has 0 saturated carbocycles. The van der Waals surface area contributed by atoms with Gasteiger partial charge in [0.25, 0.3) is 0 Å². The molecule has 1 heterocycles. The molecule has 2 nitrogen and oxygen atoms in total. The van der Waals surface area contributed by atoms with Gasteiger partial charge in [-0.25, -0.2) is 0 Å². The van der Waals surface area contributed by atoms with E-state index in [9.17, 15) is 0 Å². The van der Waals surface area contributed by atoms with Gasteiger partial charge in [0, 0.05) is 25.0 Å². The van der Waals surface area contributed by atoms with Gasteiger partial charge in [0.15, 0.2) is 0 Å². The van der Waals surface area contributed by atoms with Crippen molar-refractivity contribution in [3.05, 3.63) is 0 Å². The summed E-state index contributed by atoms with van der Waals surface area (Å²) in [5.74, 6) is 0. The minimum absolute atomic E-state index is 0.559. The van der Waals surface area contributed by atoms with Crippen molar-refractivity contribution in [1.29, 1.82) is 0 Å². The molecule has 1 saturated heterocycles. The molecule has 9 heavy (non-hydrogen) atoms. The van der Waals surface area contributed by atoms with E-state index >= 15 is 0 Å². The van der Waals surface area contributed by atoms with Crippen molar-refractivity contribution in [3.63, 3.8) is 0 Å².